The quantitative estimate of drug-likeness (QED) is 0.574. The molecule has 2 nitrogen and oxygen atoms in total. The monoisotopic (exact) mass is 148 g/mol. The number of aliphatic hydroxyl groups excluding tert-OH is 2. The van der Waals surface area contributed by atoms with E-state index >= 15 is 0 Å². The average Bonchev–Trinajstić information content (AvgIpc) is 1.85. The molecule has 0 radical (unpaired) electrons. The minimum atomic E-state index is -1.39. The standard InChI is InChI=1S/C7H13FO2/c1-5(2)3-6(8)7(10)4-9/h6-7,9-10H,1,3-4H2,2H3. The third kappa shape index (κ3) is 3.58. The summed E-state index contributed by atoms with van der Waals surface area (Å²) in [5.74, 6) is 0. The molecule has 2 atom stereocenters. The minimum Gasteiger partial charge on any atom is -0.394 e. The Labute approximate surface area is 60.0 Å². The van der Waals surface area contributed by atoms with Crippen molar-refractivity contribution < 1.29 is 14.6 Å². The number of halogens is 1. The van der Waals surface area contributed by atoms with Crippen LogP contribution in [0, 0.1) is 0 Å². The van der Waals surface area contributed by atoms with Gasteiger partial charge in [-0.1, -0.05) is 5.57 Å². The van der Waals surface area contributed by atoms with Gasteiger partial charge in [0.05, 0.1) is 6.61 Å². The van der Waals surface area contributed by atoms with Gasteiger partial charge in [-0.3, -0.25) is 0 Å². The van der Waals surface area contributed by atoms with Gasteiger partial charge >= 0.3 is 0 Å². The van der Waals surface area contributed by atoms with E-state index in [1.165, 1.54) is 0 Å². The van der Waals surface area contributed by atoms with Crippen molar-refractivity contribution in [3.8, 4) is 0 Å². The number of rotatable bonds is 4. The summed E-state index contributed by atoms with van der Waals surface area (Å²) in [6.45, 7) is 4.62. The number of hydrogen-bond acceptors (Lipinski definition) is 2. The van der Waals surface area contributed by atoms with E-state index < -0.39 is 18.9 Å². The highest BCUT2D eigenvalue weighted by Gasteiger charge is 2.16. The summed E-state index contributed by atoms with van der Waals surface area (Å²) in [6, 6.07) is 0. The van der Waals surface area contributed by atoms with E-state index in [4.69, 9.17) is 10.2 Å². The summed E-state index contributed by atoms with van der Waals surface area (Å²) in [5.41, 5.74) is 0.667. The van der Waals surface area contributed by atoms with Crippen LogP contribution in [0.1, 0.15) is 13.3 Å². The summed E-state index contributed by atoms with van der Waals surface area (Å²) in [7, 11) is 0. The van der Waals surface area contributed by atoms with Crippen LogP contribution < -0.4 is 0 Å². The third-order valence-electron chi connectivity index (χ3n) is 1.15. The molecule has 0 aliphatic carbocycles. The molecule has 2 N–H and O–H groups in total. The summed E-state index contributed by atoms with van der Waals surface area (Å²) in [5, 5.41) is 17.0. The van der Waals surface area contributed by atoms with Gasteiger partial charge in [0.15, 0.2) is 0 Å². The summed E-state index contributed by atoms with van der Waals surface area (Å²) >= 11 is 0. The van der Waals surface area contributed by atoms with Crippen LogP contribution in [-0.4, -0.2) is 29.1 Å². The van der Waals surface area contributed by atoms with Crippen molar-refractivity contribution in [2.24, 2.45) is 0 Å². The first-order chi connectivity index (χ1) is 4.57. The van der Waals surface area contributed by atoms with E-state index in [0.29, 0.717) is 5.57 Å². The zero-order chi connectivity index (χ0) is 8.15. The smallest absolute Gasteiger partial charge is 0.132 e. The first-order valence-electron chi connectivity index (χ1n) is 3.15. The Kier molecular flexibility index (Phi) is 4.23. The van der Waals surface area contributed by atoms with Crippen molar-refractivity contribution in [2.75, 3.05) is 6.61 Å². The molecule has 0 saturated heterocycles. The minimum absolute atomic E-state index is 0.113. The molecule has 0 fully saturated rings. The second-order valence-corrected chi connectivity index (χ2v) is 2.43. The highest BCUT2D eigenvalue weighted by atomic mass is 19.1. The van der Waals surface area contributed by atoms with Crippen LogP contribution in [0.15, 0.2) is 12.2 Å². The summed E-state index contributed by atoms with van der Waals surface area (Å²) < 4.78 is 12.6. The van der Waals surface area contributed by atoms with Gasteiger partial charge in [0.1, 0.15) is 12.3 Å². The van der Waals surface area contributed by atoms with Gasteiger partial charge in [0, 0.05) is 6.42 Å². The van der Waals surface area contributed by atoms with Crippen molar-refractivity contribution in [1.29, 1.82) is 0 Å². The second-order valence-electron chi connectivity index (χ2n) is 2.43. The van der Waals surface area contributed by atoms with Crippen LogP contribution in [-0.2, 0) is 0 Å². The number of allylic oxidation sites excluding steroid dienone is 1. The number of hydrogen-bond donors (Lipinski definition) is 2. The van der Waals surface area contributed by atoms with Gasteiger partial charge < -0.3 is 10.2 Å². The number of aliphatic hydroxyl groups is 2. The normalized spacial score (nSPS) is 16.4. The Hall–Kier alpha value is -0.410. The van der Waals surface area contributed by atoms with Gasteiger partial charge in [-0.15, -0.1) is 6.58 Å². The fourth-order valence-electron chi connectivity index (χ4n) is 0.583. The first-order valence-corrected chi connectivity index (χ1v) is 3.15. The summed E-state index contributed by atoms with van der Waals surface area (Å²) in [4.78, 5) is 0. The van der Waals surface area contributed by atoms with Crippen LogP contribution >= 0.6 is 0 Å². The molecule has 0 bridgehead atoms. The SMILES string of the molecule is C=C(C)CC(F)C(O)CO. The molecular weight excluding hydrogens is 135 g/mol. The fourth-order valence-corrected chi connectivity index (χ4v) is 0.583. The van der Waals surface area contributed by atoms with Gasteiger partial charge in [0.25, 0.3) is 0 Å². The molecule has 0 saturated carbocycles. The molecule has 0 amide bonds. The lowest BCUT2D eigenvalue weighted by molar-refractivity contribution is 0.0289. The van der Waals surface area contributed by atoms with Crippen LogP contribution in [0.3, 0.4) is 0 Å². The second kappa shape index (κ2) is 4.41. The van der Waals surface area contributed by atoms with Crippen molar-refractivity contribution in [2.45, 2.75) is 25.6 Å². The zero-order valence-electron chi connectivity index (χ0n) is 6.05. The first kappa shape index (κ1) is 9.59. The Morgan fingerprint density at radius 1 is 1.70 bits per heavy atom. The predicted molar refractivity (Wildman–Crippen MR) is 37.4 cm³/mol. The molecule has 0 rings (SSSR count). The molecular formula is C7H13FO2. The van der Waals surface area contributed by atoms with Crippen molar-refractivity contribution in [1.82, 2.24) is 0 Å². The lowest BCUT2D eigenvalue weighted by Crippen LogP contribution is -2.25. The van der Waals surface area contributed by atoms with E-state index in [-0.39, 0.29) is 6.42 Å². The topological polar surface area (TPSA) is 40.5 Å². The van der Waals surface area contributed by atoms with Crippen LogP contribution in [0.25, 0.3) is 0 Å². The Morgan fingerprint density at radius 3 is 2.50 bits per heavy atom. The van der Waals surface area contributed by atoms with E-state index in [2.05, 4.69) is 6.58 Å². The van der Waals surface area contributed by atoms with Crippen LogP contribution in [0.2, 0.25) is 0 Å². The molecule has 0 aliphatic heterocycles. The molecule has 0 heterocycles. The van der Waals surface area contributed by atoms with Gasteiger partial charge in [-0.2, -0.15) is 0 Å². The van der Waals surface area contributed by atoms with Crippen LogP contribution in [0.5, 0.6) is 0 Å². The van der Waals surface area contributed by atoms with Crippen molar-refractivity contribution in [3.05, 3.63) is 12.2 Å². The molecule has 0 spiro atoms. The van der Waals surface area contributed by atoms with E-state index in [1.54, 1.807) is 6.92 Å². The maximum Gasteiger partial charge on any atom is 0.132 e. The Bertz CT molecular complexity index is 114. The lowest BCUT2D eigenvalue weighted by atomic mass is 10.1. The predicted octanol–water partition coefficient (Wildman–Crippen LogP) is 0.644. The van der Waals surface area contributed by atoms with Gasteiger partial charge in [-0.25, -0.2) is 4.39 Å². The zero-order valence-corrected chi connectivity index (χ0v) is 6.05. The molecule has 0 aromatic rings. The lowest BCUT2D eigenvalue weighted by Gasteiger charge is -2.12. The Balaban J connectivity index is 3.61. The highest BCUT2D eigenvalue weighted by Crippen LogP contribution is 2.09. The van der Waals surface area contributed by atoms with Gasteiger partial charge in [-0.05, 0) is 6.92 Å². The molecule has 3 heteroatoms. The number of alkyl halides is 1. The Morgan fingerprint density at radius 2 is 2.20 bits per heavy atom. The third-order valence-corrected chi connectivity index (χ3v) is 1.15. The summed E-state index contributed by atoms with van der Waals surface area (Å²) in [6.07, 6.45) is -2.54. The van der Waals surface area contributed by atoms with E-state index in [1.807, 2.05) is 0 Å². The molecule has 2 unspecified atom stereocenters. The molecule has 60 valence electrons. The van der Waals surface area contributed by atoms with Gasteiger partial charge in [0.2, 0.25) is 0 Å². The van der Waals surface area contributed by atoms with E-state index in [0.717, 1.165) is 0 Å². The van der Waals surface area contributed by atoms with Crippen molar-refractivity contribution >= 4 is 0 Å². The maximum atomic E-state index is 12.6. The molecule has 10 heavy (non-hydrogen) atoms. The average molecular weight is 148 g/mol. The van der Waals surface area contributed by atoms with E-state index in [9.17, 15) is 4.39 Å². The molecule has 0 aliphatic rings. The molecule has 0 aromatic heterocycles. The largest absolute Gasteiger partial charge is 0.394 e. The van der Waals surface area contributed by atoms with Crippen LogP contribution in [0.4, 0.5) is 4.39 Å². The highest BCUT2D eigenvalue weighted by molar-refractivity contribution is 4.92. The molecule has 0 aromatic carbocycles. The maximum absolute atomic E-state index is 12.6. The van der Waals surface area contributed by atoms with Crippen molar-refractivity contribution in [3.63, 3.8) is 0 Å². The fraction of sp³-hybridized carbons (Fsp3) is 0.714.